The maximum absolute atomic E-state index is 11.4. The number of nitrogens with zero attached hydrogens (tertiary/aromatic N) is 2. The molecule has 0 bridgehead atoms. The summed E-state index contributed by atoms with van der Waals surface area (Å²) >= 11 is 0. The molecule has 0 saturated heterocycles. The summed E-state index contributed by atoms with van der Waals surface area (Å²) in [6.45, 7) is 4.72. The van der Waals surface area contributed by atoms with Crippen molar-refractivity contribution in [2.75, 3.05) is 25.6 Å². The van der Waals surface area contributed by atoms with Crippen LogP contribution >= 0.6 is 0 Å². The number of carbonyl (C=O) groups is 1. The topological polar surface area (TPSA) is 73.3 Å². The van der Waals surface area contributed by atoms with Gasteiger partial charge in [-0.25, -0.2) is 14.8 Å². The number of hydrogen-bond donors (Lipinski definition) is 1. The molecule has 0 spiro atoms. The largest absolute Gasteiger partial charge is 0.462 e. The minimum absolute atomic E-state index is 0.156. The number of rotatable bonds is 7. The number of esters is 1. The molecule has 0 saturated carbocycles. The van der Waals surface area contributed by atoms with E-state index in [1.54, 1.807) is 14.0 Å². The highest BCUT2D eigenvalue weighted by atomic mass is 16.5. The van der Waals surface area contributed by atoms with Gasteiger partial charge in [0.2, 0.25) is 5.95 Å². The van der Waals surface area contributed by atoms with Gasteiger partial charge in [-0.1, -0.05) is 6.92 Å². The van der Waals surface area contributed by atoms with Crippen LogP contribution in [0.15, 0.2) is 12.4 Å². The molecule has 0 aliphatic heterocycles. The maximum Gasteiger partial charge on any atom is 0.341 e. The van der Waals surface area contributed by atoms with Crippen molar-refractivity contribution in [1.82, 2.24) is 9.97 Å². The number of hydrogen-bond acceptors (Lipinski definition) is 6. The molecule has 6 nitrogen and oxygen atoms in total. The Balaban J connectivity index is 2.62. The van der Waals surface area contributed by atoms with Gasteiger partial charge < -0.3 is 14.8 Å². The maximum atomic E-state index is 11.4. The van der Waals surface area contributed by atoms with Gasteiger partial charge in [0.25, 0.3) is 0 Å². The molecule has 0 fully saturated rings. The smallest absolute Gasteiger partial charge is 0.341 e. The lowest BCUT2D eigenvalue weighted by Gasteiger charge is -2.15. The quantitative estimate of drug-likeness (QED) is 0.742. The first kappa shape index (κ1) is 14.4. The fraction of sp³-hybridized carbons (Fsp3) is 0.583. The second kappa shape index (κ2) is 7.60. The Labute approximate surface area is 107 Å². The summed E-state index contributed by atoms with van der Waals surface area (Å²) in [6.07, 6.45) is 3.80. The molecule has 0 radical (unpaired) electrons. The molecule has 1 heterocycles. The van der Waals surface area contributed by atoms with Crippen LogP contribution < -0.4 is 5.32 Å². The molecule has 1 aromatic rings. The highest BCUT2D eigenvalue weighted by Crippen LogP contribution is 2.05. The summed E-state index contributed by atoms with van der Waals surface area (Å²) in [6, 6.07) is 0.156. The Morgan fingerprint density at radius 2 is 2.06 bits per heavy atom. The van der Waals surface area contributed by atoms with Gasteiger partial charge in [0.05, 0.1) is 24.8 Å². The van der Waals surface area contributed by atoms with Crippen molar-refractivity contribution in [3.63, 3.8) is 0 Å². The SMILES string of the molecule is CCOC(=O)c1cnc(N[C@@H](CC)COC)nc1. The molecule has 18 heavy (non-hydrogen) atoms. The minimum Gasteiger partial charge on any atom is -0.462 e. The lowest BCUT2D eigenvalue weighted by Crippen LogP contribution is -2.25. The molecule has 1 rings (SSSR count). The molecular weight excluding hydrogens is 234 g/mol. The number of anilines is 1. The van der Waals surface area contributed by atoms with Gasteiger partial charge in [0, 0.05) is 19.5 Å². The van der Waals surface area contributed by atoms with Crippen molar-refractivity contribution in [2.45, 2.75) is 26.3 Å². The Kier molecular flexibility index (Phi) is 6.07. The van der Waals surface area contributed by atoms with Crippen molar-refractivity contribution in [3.8, 4) is 0 Å². The first-order valence-electron chi connectivity index (χ1n) is 5.95. The van der Waals surface area contributed by atoms with Crippen LogP contribution in [0.5, 0.6) is 0 Å². The molecule has 0 aliphatic rings. The van der Waals surface area contributed by atoms with Crippen LogP contribution in [0.3, 0.4) is 0 Å². The Hall–Kier alpha value is -1.69. The van der Waals surface area contributed by atoms with E-state index in [0.717, 1.165) is 6.42 Å². The molecule has 0 unspecified atom stereocenters. The zero-order valence-corrected chi connectivity index (χ0v) is 11.0. The standard InChI is InChI=1S/C12H19N3O3/c1-4-10(8-17-3)15-12-13-6-9(7-14-12)11(16)18-5-2/h6-7,10H,4-5,8H2,1-3H3,(H,13,14,15)/t10-/m0/s1. The van der Waals surface area contributed by atoms with Gasteiger partial charge in [-0.15, -0.1) is 0 Å². The molecule has 6 heteroatoms. The van der Waals surface area contributed by atoms with Crippen LogP contribution in [-0.4, -0.2) is 42.3 Å². The average molecular weight is 253 g/mol. The highest BCUT2D eigenvalue weighted by Gasteiger charge is 2.10. The number of carbonyl (C=O) groups excluding carboxylic acids is 1. The highest BCUT2D eigenvalue weighted by molar-refractivity contribution is 5.88. The van der Waals surface area contributed by atoms with Crippen LogP contribution in [0.1, 0.15) is 30.6 Å². The monoisotopic (exact) mass is 253 g/mol. The lowest BCUT2D eigenvalue weighted by molar-refractivity contribution is 0.0525. The number of aromatic nitrogens is 2. The average Bonchev–Trinajstić information content (AvgIpc) is 2.39. The predicted molar refractivity (Wildman–Crippen MR) is 67.6 cm³/mol. The summed E-state index contributed by atoms with van der Waals surface area (Å²) in [5, 5.41) is 3.13. The van der Waals surface area contributed by atoms with Crippen molar-refractivity contribution in [1.29, 1.82) is 0 Å². The van der Waals surface area contributed by atoms with Crippen LogP contribution in [0.4, 0.5) is 5.95 Å². The van der Waals surface area contributed by atoms with Crippen LogP contribution in [0.25, 0.3) is 0 Å². The summed E-state index contributed by atoms with van der Waals surface area (Å²) in [5.74, 6) is 0.0694. The number of nitrogens with one attached hydrogen (secondary N) is 1. The normalized spacial score (nSPS) is 11.9. The zero-order chi connectivity index (χ0) is 13.4. The van der Waals surface area contributed by atoms with E-state index in [0.29, 0.717) is 24.7 Å². The van der Waals surface area contributed by atoms with E-state index in [1.807, 2.05) is 6.92 Å². The van der Waals surface area contributed by atoms with Crippen molar-refractivity contribution < 1.29 is 14.3 Å². The first-order valence-corrected chi connectivity index (χ1v) is 5.95. The fourth-order valence-corrected chi connectivity index (χ4v) is 1.37. The third kappa shape index (κ3) is 4.29. The van der Waals surface area contributed by atoms with Crippen LogP contribution in [-0.2, 0) is 9.47 Å². The summed E-state index contributed by atoms with van der Waals surface area (Å²) in [5.41, 5.74) is 0.349. The molecule has 100 valence electrons. The van der Waals surface area contributed by atoms with Gasteiger partial charge in [-0.2, -0.15) is 0 Å². The Bertz CT molecular complexity index is 367. The number of methoxy groups -OCH3 is 1. The second-order valence-corrected chi connectivity index (χ2v) is 3.72. The third-order valence-corrected chi connectivity index (χ3v) is 2.36. The molecule has 0 amide bonds. The summed E-state index contributed by atoms with van der Waals surface area (Å²) in [7, 11) is 1.65. The van der Waals surface area contributed by atoms with Gasteiger partial charge >= 0.3 is 5.97 Å². The molecule has 1 atom stereocenters. The Morgan fingerprint density at radius 1 is 1.39 bits per heavy atom. The van der Waals surface area contributed by atoms with Gasteiger partial charge in [0.15, 0.2) is 0 Å². The summed E-state index contributed by atoms with van der Waals surface area (Å²) in [4.78, 5) is 19.5. The van der Waals surface area contributed by atoms with E-state index >= 15 is 0 Å². The zero-order valence-electron chi connectivity index (χ0n) is 11.0. The predicted octanol–water partition coefficient (Wildman–Crippen LogP) is 1.49. The van der Waals surface area contributed by atoms with Gasteiger partial charge in [-0.3, -0.25) is 0 Å². The Morgan fingerprint density at radius 3 is 2.56 bits per heavy atom. The van der Waals surface area contributed by atoms with E-state index in [2.05, 4.69) is 15.3 Å². The van der Waals surface area contributed by atoms with Crippen molar-refractivity contribution in [2.24, 2.45) is 0 Å². The first-order chi connectivity index (χ1) is 8.71. The van der Waals surface area contributed by atoms with Gasteiger partial charge in [-0.05, 0) is 13.3 Å². The van der Waals surface area contributed by atoms with Crippen LogP contribution in [0, 0.1) is 0 Å². The molecule has 0 aliphatic carbocycles. The number of ether oxygens (including phenoxy) is 2. The second-order valence-electron chi connectivity index (χ2n) is 3.72. The van der Waals surface area contributed by atoms with E-state index in [4.69, 9.17) is 9.47 Å². The molecular formula is C12H19N3O3. The van der Waals surface area contributed by atoms with E-state index in [-0.39, 0.29) is 6.04 Å². The molecule has 1 N–H and O–H groups in total. The molecule has 1 aromatic heterocycles. The van der Waals surface area contributed by atoms with E-state index in [9.17, 15) is 4.79 Å². The van der Waals surface area contributed by atoms with Crippen LogP contribution in [0.2, 0.25) is 0 Å². The lowest BCUT2D eigenvalue weighted by atomic mass is 10.2. The van der Waals surface area contributed by atoms with E-state index < -0.39 is 5.97 Å². The van der Waals surface area contributed by atoms with Gasteiger partial charge in [0.1, 0.15) is 0 Å². The van der Waals surface area contributed by atoms with Crippen molar-refractivity contribution in [3.05, 3.63) is 18.0 Å². The third-order valence-electron chi connectivity index (χ3n) is 2.36. The van der Waals surface area contributed by atoms with Crippen molar-refractivity contribution >= 4 is 11.9 Å². The van der Waals surface area contributed by atoms with E-state index in [1.165, 1.54) is 12.4 Å². The summed E-state index contributed by atoms with van der Waals surface area (Å²) < 4.78 is 9.92. The minimum atomic E-state index is -0.409. The molecule has 0 aromatic carbocycles. The fourth-order valence-electron chi connectivity index (χ4n) is 1.37.